The number of carbonyl (C=O) groups is 1. The first kappa shape index (κ1) is 19.1. The second-order valence-electron chi connectivity index (χ2n) is 5.80. The zero-order chi connectivity index (χ0) is 19.4. The lowest BCUT2D eigenvalue weighted by Crippen LogP contribution is -2.37. The summed E-state index contributed by atoms with van der Waals surface area (Å²) in [7, 11) is 3.16. The van der Waals surface area contributed by atoms with E-state index in [0.29, 0.717) is 41.0 Å². The molecule has 0 radical (unpaired) electrons. The number of hydrogen-bond acceptors (Lipinski definition) is 7. The number of morpholine rings is 1. The molecule has 1 aromatic carbocycles. The number of nitrogens with one attached hydrogen (secondary N) is 2. The fourth-order valence-electron chi connectivity index (χ4n) is 2.76. The molecule has 2 N–H and O–H groups in total. The second kappa shape index (κ2) is 8.36. The molecule has 1 atom stereocenters. The first-order chi connectivity index (χ1) is 13.0. The highest BCUT2D eigenvalue weighted by molar-refractivity contribution is 6.32. The van der Waals surface area contributed by atoms with Gasteiger partial charge >= 0.3 is 0 Å². The highest BCUT2D eigenvalue weighted by atomic mass is 35.5. The van der Waals surface area contributed by atoms with Gasteiger partial charge in [-0.15, -0.1) is 0 Å². The van der Waals surface area contributed by atoms with Crippen LogP contribution in [-0.4, -0.2) is 55.1 Å². The predicted octanol–water partition coefficient (Wildman–Crippen LogP) is 2.59. The van der Waals surface area contributed by atoms with Gasteiger partial charge in [0.25, 0.3) is 0 Å². The number of methoxy groups -OCH3 is 1. The minimum absolute atomic E-state index is 0.232. The summed E-state index contributed by atoms with van der Waals surface area (Å²) in [4.78, 5) is 20.8. The minimum atomic E-state index is -0.561. The standard InChI is InChI=1S/C17H19ClFN5O3/c1-20-16-11(18)7-21-17(23-16)22-13-6-12(19)10(5-14(13)26-2)15-8-24(9-25)3-4-27-15/h5-7,9,15H,3-4,8H2,1-2H3,(H2,20,21,22,23). The van der Waals surface area contributed by atoms with Gasteiger partial charge in [-0.25, -0.2) is 9.37 Å². The summed E-state index contributed by atoms with van der Waals surface area (Å²) >= 11 is 5.97. The average molecular weight is 396 g/mol. The molecule has 0 bridgehead atoms. The van der Waals surface area contributed by atoms with Crippen LogP contribution in [0.2, 0.25) is 5.02 Å². The summed E-state index contributed by atoms with van der Waals surface area (Å²) in [5, 5.41) is 6.13. The van der Waals surface area contributed by atoms with Crippen molar-refractivity contribution in [3.8, 4) is 5.75 Å². The fourth-order valence-corrected chi connectivity index (χ4v) is 2.94. The average Bonchev–Trinajstić information content (AvgIpc) is 2.69. The Morgan fingerprint density at radius 3 is 3.00 bits per heavy atom. The summed E-state index contributed by atoms with van der Waals surface area (Å²) in [5.74, 6) is 0.576. The molecule has 1 aliphatic heterocycles. The van der Waals surface area contributed by atoms with Gasteiger partial charge in [-0.1, -0.05) is 11.6 Å². The quantitative estimate of drug-likeness (QED) is 0.727. The molecule has 144 valence electrons. The second-order valence-corrected chi connectivity index (χ2v) is 6.21. The number of nitrogens with zero attached hydrogens (tertiary/aromatic N) is 3. The molecule has 1 aromatic heterocycles. The third-order valence-electron chi connectivity index (χ3n) is 4.14. The third-order valence-corrected chi connectivity index (χ3v) is 4.42. The molecule has 0 spiro atoms. The van der Waals surface area contributed by atoms with Crippen LogP contribution < -0.4 is 15.4 Å². The first-order valence-corrected chi connectivity index (χ1v) is 8.59. The van der Waals surface area contributed by atoms with E-state index in [0.717, 1.165) is 6.41 Å². The molecule has 2 aromatic rings. The van der Waals surface area contributed by atoms with Crippen molar-refractivity contribution in [3.05, 3.63) is 34.7 Å². The van der Waals surface area contributed by atoms with Crippen molar-refractivity contribution in [2.24, 2.45) is 0 Å². The lowest BCUT2D eigenvalue weighted by molar-refractivity contribution is -0.125. The molecular weight excluding hydrogens is 377 g/mol. The van der Waals surface area contributed by atoms with E-state index in [9.17, 15) is 9.18 Å². The van der Waals surface area contributed by atoms with Gasteiger partial charge in [-0.2, -0.15) is 4.98 Å². The van der Waals surface area contributed by atoms with Gasteiger partial charge in [0, 0.05) is 25.2 Å². The van der Waals surface area contributed by atoms with E-state index in [2.05, 4.69) is 20.6 Å². The van der Waals surface area contributed by atoms with Crippen molar-refractivity contribution in [2.75, 3.05) is 44.5 Å². The number of benzene rings is 1. The maximum absolute atomic E-state index is 14.7. The summed E-state index contributed by atoms with van der Waals surface area (Å²) in [5.41, 5.74) is 0.670. The van der Waals surface area contributed by atoms with Gasteiger partial charge in [0.05, 0.1) is 32.1 Å². The minimum Gasteiger partial charge on any atom is -0.495 e. The molecule has 0 aliphatic carbocycles. The number of ether oxygens (including phenoxy) is 2. The molecule has 27 heavy (non-hydrogen) atoms. The van der Waals surface area contributed by atoms with Gasteiger partial charge in [0.15, 0.2) is 0 Å². The monoisotopic (exact) mass is 395 g/mol. The van der Waals surface area contributed by atoms with Crippen molar-refractivity contribution >= 4 is 35.5 Å². The highest BCUT2D eigenvalue weighted by Gasteiger charge is 2.25. The maximum atomic E-state index is 14.7. The molecule has 2 heterocycles. The van der Waals surface area contributed by atoms with E-state index in [1.807, 2.05) is 0 Å². The smallest absolute Gasteiger partial charge is 0.229 e. The van der Waals surface area contributed by atoms with Crippen molar-refractivity contribution in [1.82, 2.24) is 14.9 Å². The fraction of sp³-hybridized carbons (Fsp3) is 0.353. The third kappa shape index (κ3) is 4.20. The van der Waals surface area contributed by atoms with Crippen LogP contribution in [0.4, 0.5) is 21.8 Å². The Kier molecular flexibility index (Phi) is 5.92. The molecule has 1 saturated heterocycles. The number of rotatable bonds is 6. The van der Waals surface area contributed by atoms with Crippen LogP contribution in [0.5, 0.6) is 5.75 Å². The van der Waals surface area contributed by atoms with Crippen LogP contribution in [-0.2, 0) is 9.53 Å². The van der Waals surface area contributed by atoms with Gasteiger partial charge < -0.3 is 25.0 Å². The Balaban J connectivity index is 1.89. The van der Waals surface area contributed by atoms with Crippen molar-refractivity contribution < 1.29 is 18.7 Å². The zero-order valence-electron chi connectivity index (χ0n) is 14.8. The zero-order valence-corrected chi connectivity index (χ0v) is 15.6. The number of aromatic nitrogens is 2. The molecule has 3 rings (SSSR count). The Hall–Kier alpha value is -2.65. The van der Waals surface area contributed by atoms with Crippen LogP contribution >= 0.6 is 11.6 Å². The van der Waals surface area contributed by atoms with Crippen molar-refractivity contribution in [3.63, 3.8) is 0 Å². The van der Waals surface area contributed by atoms with E-state index in [1.54, 1.807) is 18.0 Å². The summed E-state index contributed by atoms with van der Waals surface area (Å²) in [6.07, 6.45) is 1.61. The van der Waals surface area contributed by atoms with Gasteiger partial charge in [-0.3, -0.25) is 4.79 Å². The van der Waals surface area contributed by atoms with E-state index in [4.69, 9.17) is 21.1 Å². The number of amides is 1. The van der Waals surface area contributed by atoms with Gasteiger partial charge in [0.1, 0.15) is 28.5 Å². The molecule has 10 heteroatoms. The predicted molar refractivity (Wildman–Crippen MR) is 99.2 cm³/mol. The van der Waals surface area contributed by atoms with Crippen LogP contribution in [0.25, 0.3) is 0 Å². The SMILES string of the molecule is CNc1nc(Nc2cc(F)c(C3CN(C=O)CCO3)cc2OC)ncc1Cl. The number of anilines is 3. The Morgan fingerprint density at radius 1 is 1.48 bits per heavy atom. The van der Waals surface area contributed by atoms with Crippen LogP contribution in [0, 0.1) is 5.82 Å². The molecule has 8 nitrogen and oxygen atoms in total. The normalized spacial score (nSPS) is 16.7. The number of hydrogen-bond donors (Lipinski definition) is 2. The first-order valence-electron chi connectivity index (χ1n) is 8.21. The highest BCUT2D eigenvalue weighted by Crippen LogP contribution is 2.34. The lowest BCUT2D eigenvalue weighted by Gasteiger charge is -2.31. The van der Waals surface area contributed by atoms with Gasteiger partial charge in [0.2, 0.25) is 12.4 Å². The van der Waals surface area contributed by atoms with Crippen LogP contribution in [0.1, 0.15) is 11.7 Å². The van der Waals surface area contributed by atoms with Crippen LogP contribution in [0.3, 0.4) is 0 Å². The van der Waals surface area contributed by atoms with Crippen molar-refractivity contribution in [1.29, 1.82) is 0 Å². The number of halogens is 2. The van der Waals surface area contributed by atoms with E-state index in [1.165, 1.54) is 19.4 Å². The topological polar surface area (TPSA) is 88.6 Å². The molecule has 1 amide bonds. The molecule has 0 saturated carbocycles. The van der Waals surface area contributed by atoms with Gasteiger partial charge in [-0.05, 0) is 6.07 Å². The number of carbonyl (C=O) groups excluding carboxylic acids is 1. The van der Waals surface area contributed by atoms with Crippen molar-refractivity contribution in [2.45, 2.75) is 6.10 Å². The largest absolute Gasteiger partial charge is 0.495 e. The Morgan fingerprint density at radius 2 is 2.30 bits per heavy atom. The van der Waals surface area contributed by atoms with Crippen LogP contribution in [0.15, 0.2) is 18.3 Å². The molecular formula is C17H19ClFN5O3. The summed E-state index contributed by atoms with van der Waals surface area (Å²) in [6.45, 7) is 1.11. The van der Waals surface area contributed by atoms with E-state index >= 15 is 0 Å². The lowest BCUT2D eigenvalue weighted by atomic mass is 10.1. The summed E-state index contributed by atoms with van der Waals surface area (Å²) < 4.78 is 25.7. The molecule has 1 fully saturated rings. The molecule has 1 aliphatic rings. The van der Waals surface area contributed by atoms with E-state index in [-0.39, 0.29) is 12.5 Å². The maximum Gasteiger partial charge on any atom is 0.229 e. The Bertz CT molecular complexity index is 838. The van der Waals surface area contributed by atoms with E-state index < -0.39 is 11.9 Å². The Labute approximate surface area is 160 Å². The summed E-state index contributed by atoms with van der Waals surface area (Å²) in [6, 6.07) is 2.83. The molecule has 1 unspecified atom stereocenters.